The molecule has 1 N–H and O–H groups in total. The van der Waals surface area contributed by atoms with Gasteiger partial charge in [-0.3, -0.25) is 4.68 Å². The van der Waals surface area contributed by atoms with Crippen LogP contribution in [0, 0.1) is 5.41 Å². The fourth-order valence-electron chi connectivity index (χ4n) is 2.41. The van der Waals surface area contributed by atoms with Crippen LogP contribution in [0.5, 0.6) is 0 Å². The van der Waals surface area contributed by atoms with Crippen molar-refractivity contribution in [3.05, 3.63) is 12.2 Å². The Kier molecular flexibility index (Phi) is 5.62. The third-order valence-corrected chi connectivity index (χ3v) is 3.70. The molecule has 1 aromatic heterocycles. The predicted molar refractivity (Wildman–Crippen MR) is 70.9 cm³/mol. The van der Waals surface area contributed by atoms with Crippen LogP contribution in [-0.4, -0.2) is 28.4 Å². The highest BCUT2D eigenvalue weighted by molar-refractivity contribution is 4.94. The third-order valence-electron chi connectivity index (χ3n) is 3.70. The highest BCUT2D eigenvalue weighted by Gasteiger charge is 2.28. The van der Waals surface area contributed by atoms with Crippen molar-refractivity contribution in [3.8, 4) is 0 Å². The van der Waals surface area contributed by atoms with Crippen LogP contribution in [0.1, 0.15) is 45.4 Å². The molecule has 1 atom stereocenters. The van der Waals surface area contributed by atoms with Crippen LogP contribution >= 0.6 is 0 Å². The maximum atomic E-state index is 4.36. The average Bonchev–Trinajstić information content (AvgIpc) is 2.72. The summed E-state index contributed by atoms with van der Waals surface area (Å²) < 4.78 is 1.89. The highest BCUT2D eigenvalue weighted by Crippen LogP contribution is 2.31. The van der Waals surface area contributed by atoms with Gasteiger partial charge < -0.3 is 5.32 Å². The lowest BCUT2D eigenvalue weighted by atomic mass is 9.77. The Bertz CT molecular complexity index is 321. The number of nitrogens with zero attached hydrogens (tertiary/aromatic N) is 3. The minimum atomic E-state index is 0.325. The molecule has 0 fully saturated rings. The standard InChI is InChI=1S/C13H26N4/c1-5-7-8-13(6-2,10-14-3)9-12-15-11-16-17(12)4/h11,14H,5-10H2,1-4H3. The Morgan fingerprint density at radius 2 is 2.18 bits per heavy atom. The van der Waals surface area contributed by atoms with Gasteiger partial charge in [-0.1, -0.05) is 26.7 Å². The molecule has 0 saturated heterocycles. The quantitative estimate of drug-likeness (QED) is 0.754. The number of rotatable bonds is 8. The summed E-state index contributed by atoms with van der Waals surface area (Å²) in [4.78, 5) is 4.36. The molecule has 0 amide bonds. The summed E-state index contributed by atoms with van der Waals surface area (Å²) >= 11 is 0. The molecule has 0 radical (unpaired) electrons. The van der Waals surface area contributed by atoms with E-state index in [0.717, 1.165) is 18.8 Å². The van der Waals surface area contributed by atoms with Gasteiger partial charge in [0.05, 0.1) is 0 Å². The second-order valence-electron chi connectivity index (χ2n) is 4.96. The Morgan fingerprint density at radius 1 is 1.41 bits per heavy atom. The van der Waals surface area contributed by atoms with Gasteiger partial charge in [-0.2, -0.15) is 5.10 Å². The number of hydrogen-bond acceptors (Lipinski definition) is 3. The maximum Gasteiger partial charge on any atom is 0.138 e. The molecule has 4 heteroatoms. The fourth-order valence-corrected chi connectivity index (χ4v) is 2.41. The lowest BCUT2D eigenvalue weighted by Crippen LogP contribution is -2.35. The van der Waals surface area contributed by atoms with Crippen LogP contribution in [0.15, 0.2) is 6.33 Å². The SMILES string of the molecule is CCCCC(CC)(CNC)Cc1ncnn1C. The van der Waals surface area contributed by atoms with Gasteiger partial charge in [0, 0.05) is 20.0 Å². The molecule has 0 aliphatic heterocycles. The molecular formula is C13H26N4. The van der Waals surface area contributed by atoms with Crippen molar-refractivity contribution in [1.82, 2.24) is 20.1 Å². The first kappa shape index (κ1) is 14.2. The van der Waals surface area contributed by atoms with Crippen LogP contribution in [0.4, 0.5) is 0 Å². The van der Waals surface area contributed by atoms with E-state index in [1.807, 2.05) is 18.8 Å². The first-order chi connectivity index (χ1) is 8.17. The molecule has 1 rings (SSSR count). The summed E-state index contributed by atoms with van der Waals surface area (Å²) in [5, 5.41) is 7.50. The molecular weight excluding hydrogens is 212 g/mol. The lowest BCUT2D eigenvalue weighted by molar-refractivity contribution is 0.227. The molecule has 17 heavy (non-hydrogen) atoms. The highest BCUT2D eigenvalue weighted by atomic mass is 15.3. The van der Waals surface area contributed by atoms with E-state index in [9.17, 15) is 0 Å². The van der Waals surface area contributed by atoms with E-state index in [2.05, 4.69) is 29.2 Å². The van der Waals surface area contributed by atoms with Gasteiger partial charge in [0.15, 0.2) is 0 Å². The molecule has 1 unspecified atom stereocenters. The molecule has 0 aliphatic rings. The number of nitrogens with one attached hydrogen (secondary N) is 1. The Balaban J connectivity index is 2.77. The number of aromatic nitrogens is 3. The fraction of sp³-hybridized carbons (Fsp3) is 0.846. The Hall–Kier alpha value is -0.900. The van der Waals surface area contributed by atoms with Gasteiger partial charge in [0.25, 0.3) is 0 Å². The van der Waals surface area contributed by atoms with Gasteiger partial charge in [0.1, 0.15) is 12.2 Å². The van der Waals surface area contributed by atoms with E-state index in [0.29, 0.717) is 5.41 Å². The predicted octanol–water partition coefficient (Wildman–Crippen LogP) is 2.16. The summed E-state index contributed by atoms with van der Waals surface area (Å²) in [6, 6.07) is 0. The minimum absolute atomic E-state index is 0.325. The van der Waals surface area contributed by atoms with E-state index < -0.39 is 0 Å². The molecule has 98 valence electrons. The monoisotopic (exact) mass is 238 g/mol. The van der Waals surface area contributed by atoms with Gasteiger partial charge in [-0.15, -0.1) is 0 Å². The van der Waals surface area contributed by atoms with Gasteiger partial charge in [-0.05, 0) is 25.3 Å². The molecule has 1 heterocycles. The van der Waals surface area contributed by atoms with Crippen molar-refractivity contribution in [3.63, 3.8) is 0 Å². The number of unbranched alkanes of at least 4 members (excludes halogenated alkanes) is 1. The normalized spacial score (nSPS) is 14.8. The second-order valence-corrected chi connectivity index (χ2v) is 4.96. The van der Waals surface area contributed by atoms with Crippen LogP contribution in [-0.2, 0) is 13.5 Å². The first-order valence-electron chi connectivity index (χ1n) is 6.65. The molecule has 0 aromatic carbocycles. The van der Waals surface area contributed by atoms with Crippen LogP contribution in [0.2, 0.25) is 0 Å². The summed E-state index contributed by atoms with van der Waals surface area (Å²) in [7, 11) is 4.01. The molecule has 1 aromatic rings. The van der Waals surface area contributed by atoms with Gasteiger partial charge >= 0.3 is 0 Å². The van der Waals surface area contributed by atoms with Gasteiger partial charge in [0.2, 0.25) is 0 Å². The minimum Gasteiger partial charge on any atom is -0.319 e. The molecule has 0 saturated carbocycles. The first-order valence-corrected chi connectivity index (χ1v) is 6.65. The second kappa shape index (κ2) is 6.74. The molecule has 0 bridgehead atoms. The third kappa shape index (κ3) is 3.80. The van der Waals surface area contributed by atoms with Crippen molar-refractivity contribution < 1.29 is 0 Å². The largest absolute Gasteiger partial charge is 0.319 e. The summed E-state index contributed by atoms with van der Waals surface area (Å²) in [5.74, 6) is 1.10. The number of aryl methyl sites for hydroxylation is 1. The maximum absolute atomic E-state index is 4.36. The topological polar surface area (TPSA) is 42.7 Å². The van der Waals surface area contributed by atoms with Crippen LogP contribution < -0.4 is 5.32 Å². The Morgan fingerprint density at radius 3 is 2.65 bits per heavy atom. The van der Waals surface area contributed by atoms with E-state index in [4.69, 9.17) is 0 Å². The zero-order chi connectivity index (χ0) is 12.7. The lowest BCUT2D eigenvalue weighted by Gasteiger charge is -2.32. The van der Waals surface area contributed by atoms with Crippen LogP contribution in [0.25, 0.3) is 0 Å². The molecule has 0 aliphatic carbocycles. The number of hydrogen-bond donors (Lipinski definition) is 1. The van der Waals surface area contributed by atoms with E-state index in [1.54, 1.807) is 6.33 Å². The van der Waals surface area contributed by atoms with Crippen molar-refractivity contribution in [2.75, 3.05) is 13.6 Å². The molecule has 4 nitrogen and oxygen atoms in total. The zero-order valence-corrected chi connectivity index (χ0v) is 11.7. The van der Waals surface area contributed by atoms with Crippen molar-refractivity contribution in [1.29, 1.82) is 0 Å². The summed E-state index contributed by atoms with van der Waals surface area (Å²) in [5.41, 5.74) is 0.325. The zero-order valence-electron chi connectivity index (χ0n) is 11.7. The smallest absolute Gasteiger partial charge is 0.138 e. The van der Waals surface area contributed by atoms with Crippen molar-refractivity contribution in [2.45, 2.75) is 46.0 Å². The molecule has 0 spiro atoms. The average molecular weight is 238 g/mol. The Labute approximate surface area is 105 Å². The van der Waals surface area contributed by atoms with E-state index >= 15 is 0 Å². The van der Waals surface area contributed by atoms with Crippen molar-refractivity contribution >= 4 is 0 Å². The summed E-state index contributed by atoms with van der Waals surface area (Å²) in [6.45, 7) is 5.59. The summed E-state index contributed by atoms with van der Waals surface area (Å²) in [6.07, 6.45) is 7.64. The van der Waals surface area contributed by atoms with Gasteiger partial charge in [-0.25, -0.2) is 4.98 Å². The van der Waals surface area contributed by atoms with E-state index in [1.165, 1.54) is 25.7 Å². The van der Waals surface area contributed by atoms with E-state index in [-0.39, 0.29) is 0 Å². The van der Waals surface area contributed by atoms with Crippen molar-refractivity contribution in [2.24, 2.45) is 12.5 Å². The van der Waals surface area contributed by atoms with Crippen LogP contribution in [0.3, 0.4) is 0 Å².